The molecule has 1 amide bonds. The zero-order valence-electron chi connectivity index (χ0n) is 21.5. The van der Waals surface area contributed by atoms with E-state index in [1.54, 1.807) is 40.8 Å². The SMILES string of the molecule is C=CN(C)/C(=N\N)C(NC(C)=O)(c1ccc(F)cc1)c1cc2c3c(c1)c(-c1cccc(Cl)c1)cc(=O)n3CC2. The van der Waals surface area contributed by atoms with Crippen LogP contribution < -0.4 is 16.7 Å². The van der Waals surface area contributed by atoms with Crippen LogP contribution in [-0.2, 0) is 23.3 Å². The summed E-state index contributed by atoms with van der Waals surface area (Å²) in [6.07, 6.45) is 2.14. The van der Waals surface area contributed by atoms with Crippen LogP contribution in [0.2, 0.25) is 5.02 Å². The summed E-state index contributed by atoms with van der Waals surface area (Å²) < 4.78 is 15.8. The molecule has 0 radical (unpaired) electrons. The minimum atomic E-state index is -1.42. The number of likely N-dealkylation sites (N-methyl/N-ethyl adjacent to an activating group) is 1. The second kappa shape index (κ2) is 10.0. The number of amidine groups is 1. The third-order valence-corrected chi connectivity index (χ3v) is 7.40. The average molecular weight is 544 g/mol. The summed E-state index contributed by atoms with van der Waals surface area (Å²) in [5, 5.41) is 8.52. The van der Waals surface area contributed by atoms with Crippen LogP contribution in [0.5, 0.6) is 0 Å². The highest BCUT2D eigenvalue weighted by atomic mass is 35.5. The molecule has 9 heteroatoms. The number of aryl methyl sites for hydroxylation is 2. The number of amides is 1. The second-order valence-electron chi connectivity index (χ2n) is 9.52. The molecule has 4 aromatic rings. The van der Waals surface area contributed by atoms with E-state index in [2.05, 4.69) is 17.0 Å². The molecule has 5 rings (SSSR count). The maximum Gasteiger partial charge on any atom is 0.251 e. The van der Waals surface area contributed by atoms with E-state index >= 15 is 0 Å². The Bertz CT molecular complexity index is 1710. The molecule has 1 aromatic heterocycles. The first kappa shape index (κ1) is 26.2. The molecule has 0 spiro atoms. The number of nitrogens with two attached hydrogens (primary N) is 1. The van der Waals surface area contributed by atoms with Crippen molar-refractivity contribution in [3.63, 3.8) is 0 Å². The molecule has 198 valence electrons. The molecule has 39 heavy (non-hydrogen) atoms. The summed E-state index contributed by atoms with van der Waals surface area (Å²) in [5.74, 6) is 5.46. The van der Waals surface area contributed by atoms with Gasteiger partial charge in [0.15, 0.2) is 11.4 Å². The van der Waals surface area contributed by atoms with Crippen molar-refractivity contribution >= 4 is 34.2 Å². The number of aromatic nitrogens is 1. The van der Waals surface area contributed by atoms with Crippen molar-refractivity contribution in [3.8, 4) is 11.1 Å². The van der Waals surface area contributed by atoms with Crippen LogP contribution in [0.15, 0.2) is 89.4 Å². The zero-order chi connectivity index (χ0) is 27.9. The first-order valence-corrected chi connectivity index (χ1v) is 12.7. The molecule has 3 N–H and O–H groups in total. The van der Waals surface area contributed by atoms with Gasteiger partial charge in [0.1, 0.15) is 5.82 Å². The maximum absolute atomic E-state index is 14.1. The average Bonchev–Trinajstić information content (AvgIpc) is 3.35. The molecule has 0 saturated carbocycles. The number of carbonyl (C=O) groups excluding carboxylic acids is 1. The van der Waals surface area contributed by atoms with Crippen LogP contribution in [-0.4, -0.2) is 28.3 Å². The number of carbonyl (C=O) groups is 1. The highest BCUT2D eigenvalue weighted by molar-refractivity contribution is 6.31. The van der Waals surface area contributed by atoms with Gasteiger partial charge in [0.25, 0.3) is 5.56 Å². The normalized spacial score (nSPS) is 14.2. The number of hydrogen-bond acceptors (Lipinski definition) is 4. The number of halogens is 2. The summed E-state index contributed by atoms with van der Waals surface area (Å²) in [6.45, 7) is 5.78. The fraction of sp³-hybridized carbons (Fsp3) is 0.167. The van der Waals surface area contributed by atoms with Crippen LogP contribution in [0, 0.1) is 5.82 Å². The van der Waals surface area contributed by atoms with Gasteiger partial charge >= 0.3 is 0 Å². The highest BCUT2D eigenvalue weighted by Gasteiger charge is 2.44. The number of hydrogen-bond donors (Lipinski definition) is 2. The number of nitrogens with zero attached hydrogens (tertiary/aromatic N) is 3. The molecule has 3 aromatic carbocycles. The Morgan fingerprint density at radius 1 is 1.18 bits per heavy atom. The lowest BCUT2D eigenvalue weighted by molar-refractivity contribution is -0.120. The first-order valence-electron chi connectivity index (χ1n) is 12.3. The Hall–Kier alpha value is -4.43. The fourth-order valence-electron chi connectivity index (χ4n) is 5.49. The minimum Gasteiger partial charge on any atom is -0.336 e. The van der Waals surface area contributed by atoms with Crippen molar-refractivity contribution in [1.82, 2.24) is 14.8 Å². The smallest absolute Gasteiger partial charge is 0.251 e. The number of hydrazone groups is 1. The van der Waals surface area contributed by atoms with E-state index in [1.165, 1.54) is 25.3 Å². The first-order chi connectivity index (χ1) is 18.7. The van der Waals surface area contributed by atoms with Crippen molar-refractivity contribution in [2.45, 2.75) is 25.4 Å². The van der Waals surface area contributed by atoms with E-state index in [0.717, 1.165) is 22.0 Å². The molecule has 0 bridgehead atoms. The van der Waals surface area contributed by atoms with Gasteiger partial charge in [0.05, 0.1) is 5.52 Å². The molecule has 0 saturated heterocycles. The Morgan fingerprint density at radius 2 is 1.92 bits per heavy atom. The van der Waals surface area contributed by atoms with Gasteiger partial charge in [-0.15, -0.1) is 0 Å². The van der Waals surface area contributed by atoms with Crippen LogP contribution in [0.4, 0.5) is 4.39 Å². The summed E-state index contributed by atoms with van der Waals surface area (Å²) in [6, 6.07) is 18.6. The topological polar surface area (TPSA) is 92.7 Å². The lowest BCUT2D eigenvalue weighted by atomic mass is 9.79. The number of pyridine rings is 1. The Morgan fingerprint density at radius 3 is 2.56 bits per heavy atom. The molecule has 1 aliphatic rings. The van der Waals surface area contributed by atoms with Crippen LogP contribution in [0.3, 0.4) is 0 Å². The third-order valence-electron chi connectivity index (χ3n) is 7.16. The van der Waals surface area contributed by atoms with E-state index in [-0.39, 0.29) is 17.3 Å². The minimum absolute atomic E-state index is 0.105. The fourth-order valence-corrected chi connectivity index (χ4v) is 5.68. The standard InChI is InChI=1S/C30H27ClFN5O2/c1-4-36(3)29(35-33)30(34-18(2)38,21-8-10-24(32)11-9-21)22-14-20-12-13-37-27(39)17-25(26(16-22)28(20)37)19-6-5-7-23(31)15-19/h4-11,14-17H,1,12-13,33H2,2-3H3,(H,34,38)/b35-29-. The number of rotatable bonds is 6. The predicted molar refractivity (Wildman–Crippen MR) is 153 cm³/mol. The molecule has 1 unspecified atom stereocenters. The van der Waals surface area contributed by atoms with Crippen molar-refractivity contribution in [1.29, 1.82) is 0 Å². The van der Waals surface area contributed by atoms with Gasteiger partial charge < -0.3 is 20.6 Å². The van der Waals surface area contributed by atoms with Crippen LogP contribution >= 0.6 is 11.6 Å². The Balaban J connectivity index is 1.93. The maximum atomic E-state index is 14.1. The summed E-state index contributed by atoms with van der Waals surface area (Å²) >= 11 is 6.32. The molecule has 2 heterocycles. The van der Waals surface area contributed by atoms with Gasteiger partial charge in [0.2, 0.25) is 5.91 Å². The summed E-state index contributed by atoms with van der Waals surface area (Å²) in [4.78, 5) is 27.6. The Kier molecular flexibility index (Phi) is 6.74. The number of benzene rings is 3. The molecule has 1 aliphatic heterocycles. The van der Waals surface area contributed by atoms with Crippen molar-refractivity contribution in [2.24, 2.45) is 10.9 Å². The molecular weight excluding hydrogens is 517 g/mol. The van der Waals surface area contributed by atoms with Gasteiger partial charge in [-0.05, 0) is 70.8 Å². The molecule has 7 nitrogen and oxygen atoms in total. The lowest BCUT2D eigenvalue weighted by Crippen LogP contribution is -2.56. The van der Waals surface area contributed by atoms with E-state index in [1.807, 2.05) is 30.3 Å². The molecule has 0 fully saturated rings. The summed E-state index contributed by atoms with van der Waals surface area (Å²) in [5.41, 5.74) is 2.89. The van der Waals surface area contributed by atoms with Crippen molar-refractivity contribution in [2.75, 3.05) is 7.05 Å². The summed E-state index contributed by atoms with van der Waals surface area (Å²) in [7, 11) is 1.72. The van der Waals surface area contributed by atoms with Gasteiger partial charge in [-0.3, -0.25) is 9.59 Å². The van der Waals surface area contributed by atoms with Gasteiger partial charge in [-0.2, -0.15) is 5.10 Å². The monoisotopic (exact) mass is 543 g/mol. The highest BCUT2D eigenvalue weighted by Crippen LogP contribution is 2.40. The zero-order valence-corrected chi connectivity index (χ0v) is 22.3. The molecule has 0 aliphatic carbocycles. The van der Waals surface area contributed by atoms with Crippen molar-refractivity contribution < 1.29 is 9.18 Å². The van der Waals surface area contributed by atoms with E-state index in [0.29, 0.717) is 34.7 Å². The van der Waals surface area contributed by atoms with Crippen molar-refractivity contribution in [3.05, 3.63) is 117 Å². The van der Waals surface area contributed by atoms with E-state index < -0.39 is 11.4 Å². The number of nitrogens with one attached hydrogen (secondary N) is 1. The molecular formula is C30H27ClFN5O2. The van der Waals surface area contributed by atoms with Crippen LogP contribution in [0.1, 0.15) is 23.6 Å². The van der Waals surface area contributed by atoms with E-state index in [4.69, 9.17) is 17.4 Å². The van der Waals surface area contributed by atoms with Gasteiger partial charge in [0, 0.05) is 37.0 Å². The van der Waals surface area contributed by atoms with E-state index in [9.17, 15) is 14.0 Å². The largest absolute Gasteiger partial charge is 0.336 e. The van der Waals surface area contributed by atoms with Gasteiger partial charge in [-0.25, -0.2) is 4.39 Å². The second-order valence-corrected chi connectivity index (χ2v) is 9.96. The van der Waals surface area contributed by atoms with Gasteiger partial charge in [-0.1, -0.05) is 48.5 Å². The Labute approximate surface area is 230 Å². The predicted octanol–water partition coefficient (Wildman–Crippen LogP) is 4.74. The molecule has 1 atom stereocenters. The third kappa shape index (κ3) is 4.36. The lowest BCUT2D eigenvalue weighted by Gasteiger charge is -2.39. The van der Waals surface area contributed by atoms with Crippen LogP contribution in [0.25, 0.3) is 22.0 Å². The quantitative estimate of drug-likeness (QED) is 0.159.